The lowest BCUT2D eigenvalue weighted by Gasteiger charge is -2.29. The molecular weight excluding hydrogens is 198 g/mol. The lowest BCUT2D eigenvalue weighted by molar-refractivity contribution is -0.00589. The van der Waals surface area contributed by atoms with Gasteiger partial charge in [0, 0.05) is 25.4 Å². The third kappa shape index (κ3) is 2.87. The van der Waals surface area contributed by atoms with Crippen molar-refractivity contribution in [3.8, 4) is 0 Å². The van der Waals surface area contributed by atoms with E-state index in [-0.39, 0.29) is 0 Å². The summed E-state index contributed by atoms with van der Waals surface area (Å²) in [6.07, 6.45) is 0.365. The molecule has 0 aromatic heterocycles. The van der Waals surface area contributed by atoms with Gasteiger partial charge in [-0.1, -0.05) is 11.8 Å². The van der Waals surface area contributed by atoms with E-state index in [4.69, 9.17) is 4.74 Å². The van der Waals surface area contributed by atoms with Crippen molar-refractivity contribution in [2.75, 3.05) is 45.6 Å². The van der Waals surface area contributed by atoms with Gasteiger partial charge in [0.05, 0.1) is 19.3 Å². The summed E-state index contributed by atoms with van der Waals surface area (Å²) in [6.45, 7) is 4.88. The van der Waals surface area contributed by atoms with Gasteiger partial charge in [-0.15, -0.1) is 0 Å². The fourth-order valence-corrected chi connectivity index (χ4v) is 2.54. The van der Waals surface area contributed by atoms with E-state index in [1.807, 2.05) is 0 Å². The fraction of sp³-hybridized carbons (Fsp3) is 0.889. The molecule has 2 aliphatic heterocycles. The molecule has 0 aromatic rings. The fourth-order valence-electron chi connectivity index (χ4n) is 1.61. The molecule has 0 amide bonds. The first-order valence-electron chi connectivity index (χ1n) is 5.06. The van der Waals surface area contributed by atoms with Gasteiger partial charge in [-0.25, -0.2) is 0 Å². The molecule has 0 radical (unpaired) electrons. The molecule has 5 heteroatoms. The highest BCUT2D eigenvalue weighted by molar-refractivity contribution is 8.13. The first-order valence-corrected chi connectivity index (χ1v) is 6.04. The van der Waals surface area contributed by atoms with Crippen molar-refractivity contribution in [1.29, 1.82) is 0 Å². The molecule has 2 heterocycles. The van der Waals surface area contributed by atoms with Crippen molar-refractivity contribution in [2.24, 2.45) is 4.99 Å². The molecule has 0 spiro atoms. The number of likely N-dealkylation sites (N-methyl/N-ethyl adjacent to an activating group) is 1. The minimum Gasteiger partial charge on any atom is -0.375 e. The molecule has 0 saturated carbocycles. The zero-order valence-corrected chi connectivity index (χ0v) is 9.35. The van der Waals surface area contributed by atoms with Gasteiger partial charge in [-0.2, -0.15) is 0 Å². The second-order valence-corrected chi connectivity index (χ2v) is 4.69. The Morgan fingerprint density at radius 3 is 3.36 bits per heavy atom. The number of nitrogens with zero attached hydrogens (tertiary/aromatic N) is 2. The maximum atomic E-state index is 5.66. The van der Waals surface area contributed by atoms with Gasteiger partial charge in [0.25, 0.3) is 0 Å². The number of nitrogens with one attached hydrogen (secondary N) is 1. The second-order valence-electron chi connectivity index (χ2n) is 3.68. The smallest absolute Gasteiger partial charge is 0.156 e. The summed E-state index contributed by atoms with van der Waals surface area (Å²) in [7, 11) is 2.14. The summed E-state index contributed by atoms with van der Waals surface area (Å²) < 4.78 is 5.66. The first kappa shape index (κ1) is 10.3. The van der Waals surface area contributed by atoms with Crippen LogP contribution in [0.25, 0.3) is 0 Å². The highest BCUT2D eigenvalue weighted by atomic mass is 32.2. The van der Waals surface area contributed by atoms with Gasteiger partial charge in [0.1, 0.15) is 0 Å². The Balaban J connectivity index is 1.69. The van der Waals surface area contributed by atoms with Crippen LogP contribution in [-0.4, -0.2) is 61.8 Å². The second kappa shape index (κ2) is 5.00. The van der Waals surface area contributed by atoms with E-state index < -0.39 is 0 Å². The van der Waals surface area contributed by atoms with Gasteiger partial charge < -0.3 is 15.0 Å². The topological polar surface area (TPSA) is 36.9 Å². The standard InChI is InChI=1S/C9H17N3OS/c1-12-4-5-13-8(6-12)7-14-9-10-2-3-11-9/h8H,2-7H2,1H3,(H,10,11). The van der Waals surface area contributed by atoms with E-state index in [1.54, 1.807) is 11.8 Å². The van der Waals surface area contributed by atoms with Crippen LogP contribution in [-0.2, 0) is 4.74 Å². The minimum absolute atomic E-state index is 0.365. The Morgan fingerprint density at radius 2 is 2.64 bits per heavy atom. The number of thioether (sulfide) groups is 1. The van der Waals surface area contributed by atoms with Crippen molar-refractivity contribution < 1.29 is 4.74 Å². The molecule has 0 bridgehead atoms. The Bertz CT molecular complexity index is 222. The number of morpholine rings is 1. The van der Waals surface area contributed by atoms with Crippen molar-refractivity contribution in [1.82, 2.24) is 10.2 Å². The molecule has 1 atom stereocenters. The molecule has 4 nitrogen and oxygen atoms in total. The molecule has 2 aliphatic rings. The van der Waals surface area contributed by atoms with Crippen LogP contribution in [0.15, 0.2) is 4.99 Å². The third-order valence-corrected chi connectivity index (χ3v) is 3.48. The van der Waals surface area contributed by atoms with Crippen molar-refractivity contribution in [3.63, 3.8) is 0 Å². The molecule has 1 fully saturated rings. The highest BCUT2D eigenvalue weighted by Gasteiger charge is 2.18. The zero-order chi connectivity index (χ0) is 9.80. The van der Waals surface area contributed by atoms with Crippen LogP contribution in [0.2, 0.25) is 0 Å². The number of ether oxygens (including phenoxy) is 1. The largest absolute Gasteiger partial charge is 0.375 e. The molecule has 80 valence electrons. The number of aliphatic imine (C=N–C) groups is 1. The van der Waals surface area contributed by atoms with Crippen molar-refractivity contribution >= 4 is 16.9 Å². The monoisotopic (exact) mass is 215 g/mol. The predicted octanol–water partition coefficient (Wildman–Crippen LogP) is 0.00940. The van der Waals surface area contributed by atoms with E-state index in [2.05, 4.69) is 22.3 Å². The number of amidine groups is 1. The summed E-state index contributed by atoms with van der Waals surface area (Å²) in [5, 5.41) is 4.34. The molecule has 2 rings (SSSR count). The van der Waals surface area contributed by atoms with Crippen LogP contribution in [0.3, 0.4) is 0 Å². The number of rotatable bonds is 2. The average Bonchev–Trinajstić information content (AvgIpc) is 2.67. The Hall–Kier alpha value is -0.260. The summed E-state index contributed by atoms with van der Waals surface area (Å²) >= 11 is 1.78. The molecule has 0 aliphatic carbocycles. The maximum absolute atomic E-state index is 5.66. The van der Waals surface area contributed by atoms with Crippen LogP contribution in [0.1, 0.15) is 0 Å². The van der Waals surface area contributed by atoms with Crippen molar-refractivity contribution in [3.05, 3.63) is 0 Å². The van der Waals surface area contributed by atoms with Gasteiger partial charge in [0.15, 0.2) is 5.17 Å². The summed E-state index contributed by atoms with van der Waals surface area (Å²) in [5.74, 6) is 1.01. The van der Waals surface area contributed by atoms with Crippen LogP contribution < -0.4 is 5.32 Å². The maximum Gasteiger partial charge on any atom is 0.156 e. The zero-order valence-electron chi connectivity index (χ0n) is 8.53. The molecular formula is C9H17N3OS. The molecule has 1 saturated heterocycles. The van der Waals surface area contributed by atoms with E-state index >= 15 is 0 Å². The Morgan fingerprint density at radius 1 is 1.71 bits per heavy atom. The van der Waals surface area contributed by atoms with E-state index in [9.17, 15) is 0 Å². The summed E-state index contributed by atoms with van der Waals surface area (Å²) in [5.41, 5.74) is 0. The number of hydrogen-bond donors (Lipinski definition) is 1. The average molecular weight is 215 g/mol. The Kier molecular flexibility index (Phi) is 3.67. The molecule has 14 heavy (non-hydrogen) atoms. The lowest BCUT2D eigenvalue weighted by Crippen LogP contribution is -2.41. The van der Waals surface area contributed by atoms with E-state index in [1.165, 1.54) is 0 Å². The normalized spacial score (nSPS) is 28.6. The molecule has 0 aromatic carbocycles. The van der Waals surface area contributed by atoms with E-state index in [0.29, 0.717) is 6.10 Å². The minimum atomic E-state index is 0.365. The van der Waals surface area contributed by atoms with Gasteiger partial charge >= 0.3 is 0 Å². The van der Waals surface area contributed by atoms with Crippen LogP contribution in [0.5, 0.6) is 0 Å². The Labute approximate surface area is 89.1 Å². The van der Waals surface area contributed by atoms with Crippen LogP contribution >= 0.6 is 11.8 Å². The summed E-state index contributed by atoms with van der Waals surface area (Å²) in [6, 6.07) is 0. The SMILES string of the molecule is CN1CCOC(CSC2=NCCN2)C1. The quantitative estimate of drug-likeness (QED) is 0.704. The van der Waals surface area contributed by atoms with Crippen LogP contribution in [0, 0.1) is 0 Å². The predicted molar refractivity (Wildman–Crippen MR) is 60.0 cm³/mol. The van der Waals surface area contributed by atoms with Crippen molar-refractivity contribution in [2.45, 2.75) is 6.10 Å². The molecule has 1 unspecified atom stereocenters. The van der Waals surface area contributed by atoms with E-state index in [0.717, 1.165) is 43.7 Å². The molecule has 1 N–H and O–H groups in total. The highest BCUT2D eigenvalue weighted by Crippen LogP contribution is 2.12. The lowest BCUT2D eigenvalue weighted by atomic mass is 10.3. The van der Waals surface area contributed by atoms with Gasteiger partial charge in [-0.05, 0) is 7.05 Å². The van der Waals surface area contributed by atoms with Crippen LogP contribution in [0.4, 0.5) is 0 Å². The van der Waals surface area contributed by atoms with Gasteiger partial charge in [0.2, 0.25) is 0 Å². The van der Waals surface area contributed by atoms with Gasteiger partial charge in [-0.3, -0.25) is 4.99 Å². The first-order chi connectivity index (χ1) is 6.84. The third-order valence-electron chi connectivity index (χ3n) is 2.39. The summed E-state index contributed by atoms with van der Waals surface area (Å²) in [4.78, 5) is 6.66. The number of hydrogen-bond acceptors (Lipinski definition) is 5.